The van der Waals surface area contributed by atoms with Gasteiger partial charge in [-0.3, -0.25) is 4.79 Å². The number of carbonyl (C=O) groups is 1. The molecule has 1 amide bonds. The van der Waals surface area contributed by atoms with Crippen LogP contribution in [0.3, 0.4) is 0 Å². The number of anilines is 1. The van der Waals surface area contributed by atoms with Gasteiger partial charge in [-0.25, -0.2) is 0 Å². The second-order valence-corrected chi connectivity index (χ2v) is 4.83. The number of halogens is 1. The molecule has 3 nitrogen and oxygen atoms in total. The Kier molecular flexibility index (Phi) is 5.50. The molecule has 0 aliphatic rings. The zero-order valence-electron chi connectivity index (χ0n) is 7.87. The standard InChI is InChI=1S/C10H9IN2OS/c11-8-3-1-2-4-9(8)13-10(14)7-15-6-5-12/h1-4H,6-7H2,(H,13,14). The first-order valence-electron chi connectivity index (χ1n) is 4.23. The molecule has 0 aromatic heterocycles. The summed E-state index contributed by atoms with van der Waals surface area (Å²) in [6.07, 6.45) is 0. The van der Waals surface area contributed by atoms with Crippen LogP contribution in [0.25, 0.3) is 0 Å². The van der Waals surface area contributed by atoms with E-state index in [1.807, 2.05) is 30.3 Å². The quantitative estimate of drug-likeness (QED) is 0.681. The van der Waals surface area contributed by atoms with Crippen molar-refractivity contribution in [2.45, 2.75) is 0 Å². The smallest absolute Gasteiger partial charge is 0.234 e. The number of nitriles is 1. The van der Waals surface area contributed by atoms with Crippen molar-refractivity contribution in [3.05, 3.63) is 27.8 Å². The Morgan fingerprint density at radius 3 is 2.93 bits per heavy atom. The molecule has 1 N–H and O–H groups in total. The first-order chi connectivity index (χ1) is 7.24. The molecule has 1 aromatic rings. The van der Waals surface area contributed by atoms with E-state index < -0.39 is 0 Å². The van der Waals surface area contributed by atoms with E-state index in [1.54, 1.807) is 0 Å². The van der Waals surface area contributed by atoms with Crippen molar-refractivity contribution < 1.29 is 4.79 Å². The van der Waals surface area contributed by atoms with E-state index in [4.69, 9.17) is 5.26 Å². The number of rotatable bonds is 4. The van der Waals surface area contributed by atoms with Gasteiger partial charge in [-0.1, -0.05) is 12.1 Å². The first kappa shape index (κ1) is 12.3. The van der Waals surface area contributed by atoms with Gasteiger partial charge < -0.3 is 5.32 Å². The lowest BCUT2D eigenvalue weighted by Gasteiger charge is -2.05. The summed E-state index contributed by atoms with van der Waals surface area (Å²) >= 11 is 3.48. The van der Waals surface area contributed by atoms with Gasteiger partial charge >= 0.3 is 0 Å². The number of benzene rings is 1. The van der Waals surface area contributed by atoms with Crippen LogP contribution in [0.4, 0.5) is 5.69 Å². The highest BCUT2D eigenvalue weighted by molar-refractivity contribution is 14.1. The molecule has 0 saturated carbocycles. The van der Waals surface area contributed by atoms with Gasteiger partial charge in [0.1, 0.15) is 0 Å². The second-order valence-electron chi connectivity index (χ2n) is 2.68. The lowest BCUT2D eigenvalue weighted by atomic mass is 10.3. The van der Waals surface area contributed by atoms with Crippen LogP contribution >= 0.6 is 34.4 Å². The number of amides is 1. The van der Waals surface area contributed by atoms with Crippen molar-refractivity contribution in [3.63, 3.8) is 0 Å². The number of nitrogens with zero attached hydrogens (tertiary/aromatic N) is 1. The van der Waals surface area contributed by atoms with E-state index in [9.17, 15) is 4.79 Å². The Morgan fingerprint density at radius 2 is 2.27 bits per heavy atom. The third-order valence-electron chi connectivity index (χ3n) is 1.55. The van der Waals surface area contributed by atoms with Crippen molar-refractivity contribution in [1.82, 2.24) is 0 Å². The Bertz CT molecular complexity index is 389. The molecule has 0 heterocycles. The minimum atomic E-state index is -0.0700. The summed E-state index contributed by atoms with van der Waals surface area (Å²) < 4.78 is 1.01. The molecule has 0 radical (unpaired) electrons. The topological polar surface area (TPSA) is 52.9 Å². The van der Waals surface area contributed by atoms with E-state index in [2.05, 4.69) is 27.9 Å². The highest BCUT2D eigenvalue weighted by Crippen LogP contribution is 2.17. The summed E-state index contributed by atoms with van der Waals surface area (Å²) in [6.45, 7) is 0. The molecule has 0 aliphatic carbocycles. The first-order valence-corrected chi connectivity index (χ1v) is 6.46. The highest BCUT2D eigenvalue weighted by atomic mass is 127. The van der Waals surface area contributed by atoms with Crippen LogP contribution in [-0.4, -0.2) is 17.4 Å². The maximum atomic E-state index is 11.4. The fourth-order valence-electron chi connectivity index (χ4n) is 0.938. The Labute approximate surface area is 106 Å². The van der Waals surface area contributed by atoms with Crippen LogP contribution in [0.5, 0.6) is 0 Å². The predicted octanol–water partition coefficient (Wildman–Crippen LogP) is 2.49. The SMILES string of the molecule is N#CCSCC(=O)Nc1ccccc1I. The number of para-hydroxylation sites is 1. The normalized spacial score (nSPS) is 9.33. The molecule has 0 unspecified atom stereocenters. The van der Waals surface area contributed by atoms with Crippen molar-refractivity contribution in [3.8, 4) is 6.07 Å². The number of hydrogen-bond acceptors (Lipinski definition) is 3. The Hall–Kier alpha value is -0.740. The van der Waals surface area contributed by atoms with Gasteiger partial charge in [-0.05, 0) is 34.7 Å². The van der Waals surface area contributed by atoms with E-state index in [-0.39, 0.29) is 5.91 Å². The molecule has 15 heavy (non-hydrogen) atoms. The predicted molar refractivity (Wildman–Crippen MR) is 70.7 cm³/mol. The van der Waals surface area contributed by atoms with Crippen molar-refractivity contribution in [2.75, 3.05) is 16.8 Å². The Balaban J connectivity index is 2.45. The molecule has 0 bridgehead atoms. The van der Waals surface area contributed by atoms with E-state index in [0.717, 1.165) is 9.26 Å². The molecular formula is C10H9IN2OS. The molecule has 0 atom stereocenters. The summed E-state index contributed by atoms with van der Waals surface area (Å²) in [5.41, 5.74) is 0.820. The van der Waals surface area contributed by atoms with Crippen LogP contribution in [0.2, 0.25) is 0 Å². The Morgan fingerprint density at radius 1 is 1.53 bits per heavy atom. The van der Waals surface area contributed by atoms with Gasteiger partial charge in [0.05, 0.1) is 23.3 Å². The fourth-order valence-corrected chi connectivity index (χ4v) is 1.91. The summed E-state index contributed by atoms with van der Waals surface area (Å²) in [4.78, 5) is 11.4. The van der Waals surface area contributed by atoms with Crippen molar-refractivity contribution in [2.24, 2.45) is 0 Å². The number of nitrogens with one attached hydrogen (secondary N) is 1. The van der Waals surface area contributed by atoms with Gasteiger partial charge in [0.2, 0.25) is 5.91 Å². The van der Waals surface area contributed by atoms with E-state index >= 15 is 0 Å². The second kappa shape index (κ2) is 6.69. The molecule has 0 saturated heterocycles. The maximum absolute atomic E-state index is 11.4. The molecule has 0 aliphatic heterocycles. The minimum Gasteiger partial charge on any atom is -0.324 e. The molecule has 5 heteroatoms. The number of hydrogen-bond donors (Lipinski definition) is 1. The van der Waals surface area contributed by atoms with E-state index in [1.165, 1.54) is 11.8 Å². The largest absolute Gasteiger partial charge is 0.324 e. The van der Waals surface area contributed by atoms with Crippen LogP contribution in [0.1, 0.15) is 0 Å². The molecular weight excluding hydrogens is 323 g/mol. The minimum absolute atomic E-state index is 0.0700. The molecule has 0 fully saturated rings. The van der Waals surface area contributed by atoms with Crippen LogP contribution in [-0.2, 0) is 4.79 Å². The average molecular weight is 332 g/mol. The molecule has 1 rings (SSSR count). The summed E-state index contributed by atoms with van der Waals surface area (Å²) in [7, 11) is 0. The van der Waals surface area contributed by atoms with E-state index in [0.29, 0.717) is 11.5 Å². The monoisotopic (exact) mass is 332 g/mol. The van der Waals surface area contributed by atoms with Crippen LogP contribution in [0, 0.1) is 14.9 Å². The third-order valence-corrected chi connectivity index (χ3v) is 3.29. The average Bonchev–Trinajstić information content (AvgIpc) is 2.22. The summed E-state index contributed by atoms with van der Waals surface area (Å²) in [5.74, 6) is 0.594. The van der Waals surface area contributed by atoms with Crippen molar-refractivity contribution >= 4 is 45.9 Å². The lowest BCUT2D eigenvalue weighted by Crippen LogP contribution is -2.14. The summed E-state index contributed by atoms with van der Waals surface area (Å²) in [5, 5.41) is 11.1. The maximum Gasteiger partial charge on any atom is 0.234 e. The third kappa shape index (κ3) is 4.53. The van der Waals surface area contributed by atoms with Gasteiger partial charge in [-0.2, -0.15) is 5.26 Å². The fraction of sp³-hybridized carbons (Fsp3) is 0.200. The molecule has 0 spiro atoms. The van der Waals surface area contributed by atoms with Gasteiger partial charge in [-0.15, -0.1) is 11.8 Å². The number of carbonyl (C=O) groups excluding carboxylic acids is 1. The van der Waals surface area contributed by atoms with Crippen molar-refractivity contribution in [1.29, 1.82) is 5.26 Å². The molecule has 1 aromatic carbocycles. The zero-order valence-corrected chi connectivity index (χ0v) is 10.8. The lowest BCUT2D eigenvalue weighted by molar-refractivity contribution is -0.113. The highest BCUT2D eigenvalue weighted by Gasteiger charge is 2.04. The van der Waals surface area contributed by atoms with Gasteiger partial charge in [0, 0.05) is 3.57 Å². The zero-order chi connectivity index (χ0) is 11.1. The summed E-state index contributed by atoms with van der Waals surface area (Å²) in [6, 6.07) is 9.56. The van der Waals surface area contributed by atoms with Crippen LogP contribution in [0.15, 0.2) is 24.3 Å². The van der Waals surface area contributed by atoms with Gasteiger partial charge in [0.25, 0.3) is 0 Å². The van der Waals surface area contributed by atoms with Gasteiger partial charge in [0.15, 0.2) is 0 Å². The number of thioether (sulfide) groups is 1. The van der Waals surface area contributed by atoms with Crippen LogP contribution < -0.4 is 5.32 Å². The molecule has 78 valence electrons.